The number of hydrogen-bond acceptors (Lipinski definition) is 2. The molecule has 2 radical (unpaired) electrons. The lowest BCUT2D eigenvalue weighted by Gasteiger charge is -2.04. The summed E-state index contributed by atoms with van der Waals surface area (Å²) in [5, 5.41) is 0. The van der Waals surface area contributed by atoms with Gasteiger partial charge in [-0.05, 0) is 43.0 Å². The first-order chi connectivity index (χ1) is 6.24. The van der Waals surface area contributed by atoms with Crippen LogP contribution in [-0.4, -0.2) is 0 Å². The monoisotopic (exact) mass is 180 g/mol. The van der Waals surface area contributed by atoms with Gasteiger partial charge in [-0.2, -0.15) is 0 Å². The molecule has 0 unspecified atom stereocenters. The molecule has 0 bridgehead atoms. The zero-order valence-electron chi connectivity index (χ0n) is 7.39. The number of rotatable bonds is 4. The van der Waals surface area contributed by atoms with Crippen molar-refractivity contribution in [3.63, 3.8) is 0 Å². The highest BCUT2D eigenvalue weighted by molar-refractivity contribution is 5.30. The quantitative estimate of drug-likeness (QED) is 0.419. The van der Waals surface area contributed by atoms with Crippen LogP contribution in [0.5, 0.6) is 0 Å². The number of aryl methyl sites for hydroxylation is 1. The first-order valence-electron chi connectivity index (χ1n) is 4.12. The van der Waals surface area contributed by atoms with E-state index in [4.69, 9.17) is 5.84 Å². The van der Waals surface area contributed by atoms with Crippen LogP contribution in [0.3, 0.4) is 0 Å². The Bertz CT molecular complexity index is 274. The summed E-state index contributed by atoms with van der Waals surface area (Å²) in [5.74, 6) is 4.85. The van der Waals surface area contributed by atoms with Gasteiger partial charge in [0, 0.05) is 6.54 Å². The summed E-state index contributed by atoms with van der Waals surface area (Å²) in [5.41, 5.74) is 4.22. The average Bonchev–Trinajstić information content (AvgIpc) is 2.11. The van der Waals surface area contributed by atoms with Crippen molar-refractivity contribution in [3.8, 4) is 0 Å². The van der Waals surface area contributed by atoms with Crippen LogP contribution in [0.4, 0.5) is 4.39 Å². The number of nitrogens with one attached hydrogen (secondary N) is 1. The number of hydrazine groups is 1. The first-order valence-corrected chi connectivity index (χ1v) is 4.12. The van der Waals surface area contributed by atoms with E-state index in [1.54, 1.807) is 12.6 Å². The van der Waals surface area contributed by atoms with Gasteiger partial charge in [0.1, 0.15) is 5.82 Å². The molecule has 0 heterocycles. The molecule has 0 aliphatic rings. The lowest BCUT2D eigenvalue weighted by molar-refractivity contribution is 0.624. The predicted molar refractivity (Wildman–Crippen MR) is 50.8 cm³/mol. The minimum Gasteiger partial charge on any atom is -0.271 e. The van der Waals surface area contributed by atoms with Crippen LogP contribution in [0, 0.1) is 19.3 Å². The Hall–Kier alpha value is -0.930. The number of halogens is 1. The average molecular weight is 180 g/mol. The number of hydrogen-bond donors (Lipinski definition) is 2. The van der Waals surface area contributed by atoms with Crippen LogP contribution in [0.1, 0.15) is 17.5 Å². The van der Waals surface area contributed by atoms with Gasteiger partial charge < -0.3 is 0 Å². The van der Waals surface area contributed by atoms with Crippen LogP contribution in [0.25, 0.3) is 0 Å². The zero-order chi connectivity index (χ0) is 9.68. The summed E-state index contributed by atoms with van der Waals surface area (Å²) in [4.78, 5) is 0. The van der Waals surface area contributed by atoms with Gasteiger partial charge in [0.15, 0.2) is 0 Å². The summed E-state index contributed by atoms with van der Waals surface area (Å²) in [7, 11) is 0. The topological polar surface area (TPSA) is 38.0 Å². The highest BCUT2D eigenvalue weighted by Crippen LogP contribution is 2.12. The summed E-state index contributed by atoms with van der Waals surface area (Å²) >= 11 is 0. The molecule has 0 atom stereocenters. The van der Waals surface area contributed by atoms with Gasteiger partial charge in [0.25, 0.3) is 0 Å². The molecule has 2 nitrogen and oxygen atoms in total. The van der Waals surface area contributed by atoms with Crippen LogP contribution < -0.4 is 11.3 Å². The van der Waals surface area contributed by atoms with Crippen molar-refractivity contribution in [2.75, 3.05) is 0 Å². The van der Waals surface area contributed by atoms with Crippen molar-refractivity contribution in [3.05, 3.63) is 48.6 Å². The lowest BCUT2D eigenvalue weighted by atomic mass is 10.0. The molecular weight excluding hydrogens is 167 g/mol. The van der Waals surface area contributed by atoms with Gasteiger partial charge in [-0.25, -0.2) is 4.39 Å². The zero-order valence-corrected chi connectivity index (χ0v) is 7.39. The number of benzene rings is 1. The van der Waals surface area contributed by atoms with Gasteiger partial charge in [-0.3, -0.25) is 11.3 Å². The van der Waals surface area contributed by atoms with Crippen LogP contribution in [-0.2, 0) is 6.42 Å². The minimum atomic E-state index is -0.219. The highest BCUT2D eigenvalue weighted by Gasteiger charge is 1.99. The third-order valence-electron chi connectivity index (χ3n) is 1.84. The fourth-order valence-corrected chi connectivity index (χ4v) is 1.14. The molecule has 0 saturated heterocycles. The Morgan fingerprint density at radius 3 is 3.00 bits per heavy atom. The van der Waals surface area contributed by atoms with Gasteiger partial charge in [-0.15, -0.1) is 0 Å². The molecule has 3 heteroatoms. The van der Waals surface area contributed by atoms with Crippen molar-refractivity contribution in [1.29, 1.82) is 0 Å². The maximum Gasteiger partial charge on any atom is 0.123 e. The Morgan fingerprint density at radius 2 is 2.31 bits per heavy atom. The second-order valence-electron chi connectivity index (χ2n) is 2.82. The molecule has 70 valence electrons. The molecule has 0 aliphatic carbocycles. The maximum absolute atomic E-state index is 12.8. The van der Waals surface area contributed by atoms with E-state index in [0.717, 1.165) is 24.0 Å². The van der Waals surface area contributed by atoms with Crippen LogP contribution in [0.15, 0.2) is 18.2 Å². The standard InChI is InChI=1S/C10H13FN2/c1-8-4-5-10(11)7-9(8)3-2-6-13-12/h4-7,13H,1-3,12H2. The van der Waals surface area contributed by atoms with Crippen molar-refractivity contribution < 1.29 is 4.39 Å². The largest absolute Gasteiger partial charge is 0.271 e. The third-order valence-corrected chi connectivity index (χ3v) is 1.84. The lowest BCUT2D eigenvalue weighted by Crippen LogP contribution is -2.18. The second-order valence-corrected chi connectivity index (χ2v) is 2.82. The van der Waals surface area contributed by atoms with Crippen molar-refractivity contribution in [2.45, 2.75) is 12.8 Å². The Labute approximate surface area is 77.9 Å². The van der Waals surface area contributed by atoms with E-state index in [1.165, 1.54) is 12.1 Å². The summed E-state index contributed by atoms with van der Waals surface area (Å²) < 4.78 is 12.8. The first kappa shape index (κ1) is 10.2. The molecule has 0 saturated carbocycles. The van der Waals surface area contributed by atoms with Crippen molar-refractivity contribution >= 4 is 0 Å². The van der Waals surface area contributed by atoms with Gasteiger partial charge >= 0.3 is 0 Å². The van der Waals surface area contributed by atoms with E-state index in [1.807, 2.05) is 0 Å². The molecule has 0 amide bonds. The SMILES string of the molecule is [CH2]c1ccc(F)cc1CC[CH]NN. The van der Waals surface area contributed by atoms with Gasteiger partial charge in [0.05, 0.1) is 0 Å². The molecule has 1 aromatic carbocycles. The summed E-state index contributed by atoms with van der Waals surface area (Å²) in [6.07, 6.45) is 1.52. The molecule has 1 aromatic rings. The fourth-order valence-electron chi connectivity index (χ4n) is 1.14. The summed E-state index contributed by atoms with van der Waals surface area (Å²) in [6.45, 7) is 5.53. The maximum atomic E-state index is 12.8. The van der Waals surface area contributed by atoms with Crippen LogP contribution in [0.2, 0.25) is 0 Å². The molecule has 0 aliphatic heterocycles. The van der Waals surface area contributed by atoms with Crippen molar-refractivity contribution in [1.82, 2.24) is 5.43 Å². The molecule has 13 heavy (non-hydrogen) atoms. The molecule has 0 aromatic heterocycles. The molecule has 3 N–H and O–H groups in total. The van der Waals surface area contributed by atoms with Crippen molar-refractivity contribution in [2.24, 2.45) is 5.84 Å². The van der Waals surface area contributed by atoms with Gasteiger partial charge in [-0.1, -0.05) is 6.07 Å². The number of nitrogens with two attached hydrogens (primary N) is 1. The minimum absolute atomic E-state index is 0.219. The molecule has 1 rings (SSSR count). The fraction of sp³-hybridized carbons (Fsp3) is 0.200. The van der Waals surface area contributed by atoms with E-state index in [0.29, 0.717) is 0 Å². The molecule has 0 spiro atoms. The van der Waals surface area contributed by atoms with E-state index in [-0.39, 0.29) is 5.82 Å². The summed E-state index contributed by atoms with van der Waals surface area (Å²) in [6, 6.07) is 4.60. The van der Waals surface area contributed by atoms with Crippen LogP contribution >= 0.6 is 0 Å². The Morgan fingerprint density at radius 1 is 1.54 bits per heavy atom. The van der Waals surface area contributed by atoms with E-state index in [9.17, 15) is 4.39 Å². The van der Waals surface area contributed by atoms with E-state index in [2.05, 4.69) is 12.3 Å². The molecule has 0 fully saturated rings. The normalized spacial score (nSPS) is 10.4. The van der Waals surface area contributed by atoms with Gasteiger partial charge in [0.2, 0.25) is 0 Å². The Balaban J connectivity index is 2.59. The second kappa shape index (κ2) is 4.94. The van der Waals surface area contributed by atoms with E-state index >= 15 is 0 Å². The Kier molecular flexibility index (Phi) is 3.86. The smallest absolute Gasteiger partial charge is 0.123 e. The van der Waals surface area contributed by atoms with E-state index < -0.39 is 0 Å². The predicted octanol–water partition coefficient (Wildman–Crippen LogP) is 1.57. The molecular formula is C10H13FN2. The highest BCUT2D eigenvalue weighted by atomic mass is 19.1. The third kappa shape index (κ3) is 3.13.